The third kappa shape index (κ3) is 4.25. The largest absolute Gasteiger partial charge is 0.371 e. The van der Waals surface area contributed by atoms with Crippen molar-refractivity contribution < 1.29 is 4.79 Å². The molecule has 1 aromatic rings. The van der Waals surface area contributed by atoms with Crippen LogP contribution in [0.4, 0.5) is 5.69 Å². The summed E-state index contributed by atoms with van der Waals surface area (Å²) in [6.07, 6.45) is 8.22. The average Bonchev–Trinajstić information content (AvgIpc) is 2.97. The molecule has 1 unspecified atom stereocenters. The molecule has 6 nitrogen and oxygen atoms in total. The third-order valence-corrected chi connectivity index (χ3v) is 4.33. The number of rotatable bonds is 4. The molecule has 1 aliphatic rings. The van der Waals surface area contributed by atoms with Gasteiger partial charge in [-0.1, -0.05) is 19.3 Å². The molecule has 1 aromatic heterocycles. The van der Waals surface area contributed by atoms with E-state index >= 15 is 0 Å². The Balaban J connectivity index is 1.97. The van der Waals surface area contributed by atoms with Crippen LogP contribution in [-0.2, 0) is 10.3 Å². The van der Waals surface area contributed by atoms with Crippen LogP contribution in [0.3, 0.4) is 0 Å². The number of anilines is 1. The van der Waals surface area contributed by atoms with E-state index in [9.17, 15) is 10.1 Å². The van der Waals surface area contributed by atoms with Crippen LogP contribution >= 0.6 is 0 Å². The second-order valence-electron chi connectivity index (χ2n) is 7.45. The van der Waals surface area contributed by atoms with Gasteiger partial charge in [0.1, 0.15) is 11.6 Å². The second kappa shape index (κ2) is 6.61. The molecule has 6 heteroatoms. The summed E-state index contributed by atoms with van der Waals surface area (Å²) in [5.41, 5.74) is 0.0106. The molecule has 1 amide bonds. The zero-order chi connectivity index (χ0) is 17.1. The Kier molecular flexibility index (Phi) is 4.98. The maximum atomic E-state index is 12.4. The Morgan fingerprint density at radius 1 is 1.39 bits per heavy atom. The Bertz CT molecular complexity index is 587. The summed E-state index contributed by atoms with van der Waals surface area (Å²) in [6, 6.07) is 1.90. The lowest BCUT2D eigenvalue weighted by molar-refractivity contribution is -0.123. The number of nitriles is 1. The smallest absolute Gasteiger partial charge is 0.243 e. The first-order valence-electron chi connectivity index (χ1n) is 8.31. The van der Waals surface area contributed by atoms with Crippen molar-refractivity contribution in [2.75, 3.05) is 5.32 Å². The second-order valence-corrected chi connectivity index (χ2v) is 7.45. The van der Waals surface area contributed by atoms with Gasteiger partial charge < -0.3 is 10.6 Å². The van der Waals surface area contributed by atoms with Crippen LogP contribution in [0, 0.1) is 11.3 Å². The molecule has 0 aliphatic heterocycles. The summed E-state index contributed by atoms with van der Waals surface area (Å²) in [5, 5.41) is 19.9. The molecule has 0 aromatic carbocycles. The van der Waals surface area contributed by atoms with E-state index in [0.29, 0.717) is 0 Å². The van der Waals surface area contributed by atoms with Gasteiger partial charge in [-0.05, 0) is 40.5 Å². The summed E-state index contributed by atoms with van der Waals surface area (Å²) in [6.45, 7) is 8.01. The van der Waals surface area contributed by atoms with Crippen molar-refractivity contribution in [3.63, 3.8) is 0 Å². The number of carbonyl (C=O) groups is 1. The van der Waals surface area contributed by atoms with Gasteiger partial charge in [0.05, 0.1) is 23.5 Å². The molecular formula is C17H27N5O. The fraction of sp³-hybridized carbons (Fsp3) is 0.706. The van der Waals surface area contributed by atoms with Crippen molar-refractivity contribution in [2.45, 2.75) is 76.9 Å². The highest BCUT2D eigenvalue weighted by Gasteiger charge is 2.34. The molecule has 126 valence electrons. The van der Waals surface area contributed by atoms with Crippen molar-refractivity contribution in [2.24, 2.45) is 0 Å². The van der Waals surface area contributed by atoms with Gasteiger partial charge in [0.15, 0.2) is 0 Å². The predicted molar refractivity (Wildman–Crippen MR) is 89.9 cm³/mol. The third-order valence-electron chi connectivity index (χ3n) is 4.33. The molecule has 2 N–H and O–H groups in total. The normalized spacial score (nSPS) is 18.7. The van der Waals surface area contributed by atoms with Crippen molar-refractivity contribution in [1.82, 2.24) is 15.1 Å². The van der Waals surface area contributed by atoms with Crippen LogP contribution in [0.15, 0.2) is 12.4 Å². The molecule has 23 heavy (non-hydrogen) atoms. The van der Waals surface area contributed by atoms with E-state index in [0.717, 1.165) is 37.8 Å². The highest BCUT2D eigenvalue weighted by Crippen LogP contribution is 2.27. The van der Waals surface area contributed by atoms with Gasteiger partial charge in [0.25, 0.3) is 0 Å². The van der Waals surface area contributed by atoms with E-state index < -0.39 is 11.6 Å². The first-order chi connectivity index (χ1) is 10.8. The fourth-order valence-corrected chi connectivity index (χ4v) is 2.84. The number of carbonyl (C=O) groups excluding carboxylic acids is 1. The topological polar surface area (TPSA) is 82.7 Å². The zero-order valence-corrected chi connectivity index (χ0v) is 14.5. The highest BCUT2D eigenvalue weighted by atomic mass is 16.2. The van der Waals surface area contributed by atoms with E-state index in [4.69, 9.17) is 0 Å². The molecule has 0 radical (unpaired) electrons. The summed E-state index contributed by atoms with van der Waals surface area (Å²) < 4.78 is 1.86. The van der Waals surface area contributed by atoms with E-state index in [2.05, 4.69) is 42.6 Å². The van der Waals surface area contributed by atoms with Crippen LogP contribution in [0.1, 0.15) is 59.8 Å². The van der Waals surface area contributed by atoms with Gasteiger partial charge in [-0.25, -0.2) is 0 Å². The minimum atomic E-state index is -0.694. The molecule has 1 atom stereocenters. The zero-order valence-electron chi connectivity index (χ0n) is 14.5. The molecule has 0 saturated heterocycles. The Labute approximate surface area is 138 Å². The Morgan fingerprint density at radius 3 is 2.57 bits per heavy atom. The van der Waals surface area contributed by atoms with Gasteiger partial charge in [-0.15, -0.1) is 0 Å². The first-order valence-corrected chi connectivity index (χ1v) is 8.31. The predicted octanol–water partition coefficient (Wildman–Crippen LogP) is 2.78. The summed E-state index contributed by atoms with van der Waals surface area (Å²) in [4.78, 5) is 12.4. The number of nitrogens with zero attached hydrogens (tertiary/aromatic N) is 3. The molecule has 1 heterocycles. The van der Waals surface area contributed by atoms with Crippen LogP contribution in [0.2, 0.25) is 0 Å². The lowest BCUT2D eigenvalue weighted by Crippen LogP contribution is -2.52. The quantitative estimate of drug-likeness (QED) is 0.894. The first kappa shape index (κ1) is 17.3. The lowest BCUT2D eigenvalue weighted by atomic mass is 9.82. The molecule has 0 bridgehead atoms. The number of nitrogens with one attached hydrogen (secondary N) is 2. The maximum absolute atomic E-state index is 12.4. The van der Waals surface area contributed by atoms with E-state index in [1.807, 2.05) is 10.9 Å². The van der Waals surface area contributed by atoms with E-state index in [1.54, 1.807) is 13.1 Å². The lowest BCUT2D eigenvalue weighted by Gasteiger charge is -2.32. The van der Waals surface area contributed by atoms with E-state index in [-0.39, 0.29) is 11.4 Å². The molecule has 1 saturated carbocycles. The molecular weight excluding hydrogens is 290 g/mol. The Morgan fingerprint density at radius 2 is 2.04 bits per heavy atom. The minimum absolute atomic E-state index is 0.0988. The monoisotopic (exact) mass is 317 g/mol. The number of hydrogen-bond acceptors (Lipinski definition) is 4. The summed E-state index contributed by atoms with van der Waals surface area (Å²) in [5.74, 6) is -0.142. The van der Waals surface area contributed by atoms with Crippen molar-refractivity contribution in [3.8, 4) is 6.07 Å². The number of amides is 1. The van der Waals surface area contributed by atoms with Crippen LogP contribution < -0.4 is 10.6 Å². The van der Waals surface area contributed by atoms with Gasteiger partial charge >= 0.3 is 0 Å². The van der Waals surface area contributed by atoms with Crippen molar-refractivity contribution in [3.05, 3.63) is 12.4 Å². The number of hydrogen-bond donors (Lipinski definition) is 2. The van der Waals surface area contributed by atoms with Gasteiger partial charge in [-0.3, -0.25) is 9.48 Å². The van der Waals surface area contributed by atoms with Gasteiger partial charge in [0.2, 0.25) is 5.91 Å². The maximum Gasteiger partial charge on any atom is 0.243 e. The molecule has 2 rings (SSSR count). The van der Waals surface area contributed by atoms with Crippen LogP contribution in [-0.4, -0.2) is 27.3 Å². The molecule has 0 spiro atoms. The summed E-state index contributed by atoms with van der Waals surface area (Å²) in [7, 11) is 0. The molecule has 1 aliphatic carbocycles. The highest BCUT2D eigenvalue weighted by molar-refractivity contribution is 5.85. The summed E-state index contributed by atoms with van der Waals surface area (Å²) >= 11 is 0. The SMILES string of the molecule is CC(Nc1cnn(C(C)(C)C)c1)C(=O)NC1(C#N)CCCCC1. The van der Waals surface area contributed by atoms with Crippen LogP contribution in [0.5, 0.6) is 0 Å². The van der Waals surface area contributed by atoms with Gasteiger partial charge in [-0.2, -0.15) is 10.4 Å². The van der Waals surface area contributed by atoms with E-state index in [1.165, 1.54) is 0 Å². The van der Waals surface area contributed by atoms with Crippen LogP contribution in [0.25, 0.3) is 0 Å². The van der Waals surface area contributed by atoms with Crippen molar-refractivity contribution in [1.29, 1.82) is 5.26 Å². The fourth-order valence-electron chi connectivity index (χ4n) is 2.84. The van der Waals surface area contributed by atoms with Gasteiger partial charge in [0, 0.05) is 6.20 Å². The number of aromatic nitrogens is 2. The standard InChI is InChI=1S/C17H27N5O/c1-13(20-14-10-19-22(11-14)16(2,3)4)15(23)21-17(12-18)8-6-5-7-9-17/h10-11,13,20H,5-9H2,1-4H3,(H,21,23). The minimum Gasteiger partial charge on any atom is -0.371 e. The molecule has 1 fully saturated rings. The average molecular weight is 317 g/mol. The Hall–Kier alpha value is -2.03. The van der Waals surface area contributed by atoms with Crippen molar-refractivity contribution >= 4 is 11.6 Å².